The highest BCUT2D eigenvalue weighted by Gasteiger charge is 2.36. The van der Waals surface area contributed by atoms with Crippen LogP contribution in [-0.4, -0.2) is 75.4 Å². The smallest absolute Gasteiger partial charge is 0.219 e. The first-order valence-electron chi connectivity index (χ1n) is 12.9. The quantitative estimate of drug-likeness (QED) is 0.425. The molecule has 1 amide bonds. The summed E-state index contributed by atoms with van der Waals surface area (Å²) >= 11 is 0. The second kappa shape index (κ2) is 12.3. The van der Waals surface area contributed by atoms with Gasteiger partial charge in [-0.25, -0.2) is 4.98 Å². The molecule has 8 heteroatoms. The van der Waals surface area contributed by atoms with Gasteiger partial charge in [-0.15, -0.1) is 0 Å². The summed E-state index contributed by atoms with van der Waals surface area (Å²) in [6, 6.07) is 15.9. The molecular formula is C29H38N4O4. The number of aryl methyl sites for hydroxylation is 3. The Labute approximate surface area is 219 Å². The normalized spacial score (nSPS) is 18.4. The van der Waals surface area contributed by atoms with Crippen molar-refractivity contribution < 1.29 is 19.4 Å². The summed E-state index contributed by atoms with van der Waals surface area (Å²) in [6.45, 7) is 9.77. The van der Waals surface area contributed by atoms with E-state index in [0.717, 1.165) is 35.7 Å². The van der Waals surface area contributed by atoms with Crippen molar-refractivity contribution in [3.8, 4) is 11.5 Å². The van der Waals surface area contributed by atoms with Gasteiger partial charge in [-0.05, 0) is 50.1 Å². The van der Waals surface area contributed by atoms with E-state index in [0.29, 0.717) is 38.5 Å². The third-order valence-electron chi connectivity index (χ3n) is 6.73. The van der Waals surface area contributed by atoms with Crippen molar-refractivity contribution in [2.75, 3.05) is 39.4 Å². The molecule has 0 saturated carbocycles. The van der Waals surface area contributed by atoms with Crippen LogP contribution in [-0.2, 0) is 17.9 Å². The molecule has 2 heterocycles. The molecule has 0 aliphatic carbocycles. The van der Waals surface area contributed by atoms with Crippen LogP contribution >= 0.6 is 0 Å². The second-order valence-electron chi connectivity index (χ2n) is 9.99. The lowest BCUT2D eigenvalue weighted by atomic mass is 10.0. The molecule has 0 radical (unpaired) electrons. The monoisotopic (exact) mass is 506 g/mol. The summed E-state index contributed by atoms with van der Waals surface area (Å²) in [5, 5.41) is 11.5. The maximum Gasteiger partial charge on any atom is 0.219 e. The number of hydrogen-bond acceptors (Lipinski definition) is 6. The first-order valence-corrected chi connectivity index (χ1v) is 12.9. The van der Waals surface area contributed by atoms with Gasteiger partial charge >= 0.3 is 0 Å². The molecule has 3 aromatic rings. The molecule has 1 aliphatic heterocycles. The van der Waals surface area contributed by atoms with E-state index in [2.05, 4.69) is 26.6 Å². The van der Waals surface area contributed by atoms with Gasteiger partial charge in [0.1, 0.15) is 29.5 Å². The van der Waals surface area contributed by atoms with Crippen LogP contribution in [0.15, 0.2) is 60.9 Å². The van der Waals surface area contributed by atoms with Crippen LogP contribution in [0, 0.1) is 13.8 Å². The number of nitrogens with zero attached hydrogens (tertiary/aromatic N) is 4. The number of aromatic nitrogens is 2. The molecule has 8 nitrogen and oxygen atoms in total. The van der Waals surface area contributed by atoms with Crippen LogP contribution in [0.3, 0.4) is 0 Å². The highest BCUT2D eigenvalue weighted by Crippen LogP contribution is 2.21. The van der Waals surface area contributed by atoms with Crippen molar-refractivity contribution in [3.05, 3.63) is 77.9 Å². The van der Waals surface area contributed by atoms with E-state index >= 15 is 0 Å². The first-order chi connectivity index (χ1) is 17.8. The third kappa shape index (κ3) is 7.81. The molecule has 0 bridgehead atoms. The van der Waals surface area contributed by atoms with Crippen molar-refractivity contribution in [1.29, 1.82) is 0 Å². The summed E-state index contributed by atoms with van der Waals surface area (Å²) in [7, 11) is 0. The second-order valence-corrected chi connectivity index (χ2v) is 9.99. The van der Waals surface area contributed by atoms with Crippen molar-refractivity contribution in [1.82, 2.24) is 19.4 Å². The zero-order valence-corrected chi connectivity index (χ0v) is 22.1. The lowest BCUT2D eigenvalue weighted by Gasteiger charge is -2.32. The Hall–Kier alpha value is -3.36. The minimum Gasteiger partial charge on any atom is -0.494 e. The lowest BCUT2D eigenvalue weighted by molar-refractivity contribution is -0.132. The standard InChI is InChI=1S/C29H38N4O4/c1-23-5-9-28(10-6-23)37-22-29(35)20-31(16-17-33(21-29)25(3)34)19-26-7-11-27(12-8-26)36-18-4-14-32-15-13-30-24(32)2/h5-13,15,35H,4,14,16-22H2,1-3H3. The number of carbonyl (C=O) groups excluding carboxylic acids is 1. The molecule has 37 heavy (non-hydrogen) atoms. The maximum atomic E-state index is 12.2. The summed E-state index contributed by atoms with van der Waals surface area (Å²) in [5.74, 6) is 2.52. The summed E-state index contributed by atoms with van der Waals surface area (Å²) in [6.07, 6.45) is 4.70. The number of ether oxygens (including phenoxy) is 2. The average Bonchev–Trinajstić information content (AvgIpc) is 3.20. The molecule has 1 atom stereocenters. The number of rotatable bonds is 10. The van der Waals surface area contributed by atoms with Crippen LogP contribution < -0.4 is 9.47 Å². The number of carbonyl (C=O) groups is 1. The van der Waals surface area contributed by atoms with E-state index in [-0.39, 0.29) is 19.1 Å². The van der Waals surface area contributed by atoms with E-state index in [1.54, 1.807) is 11.8 Å². The Morgan fingerprint density at radius 3 is 2.38 bits per heavy atom. The van der Waals surface area contributed by atoms with Gasteiger partial charge in [0.15, 0.2) is 0 Å². The largest absolute Gasteiger partial charge is 0.494 e. The van der Waals surface area contributed by atoms with Crippen LogP contribution in [0.25, 0.3) is 0 Å². The number of benzene rings is 2. The number of aliphatic hydroxyl groups is 1. The zero-order chi connectivity index (χ0) is 26.3. The van der Waals surface area contributed by atoms with E-state index in [1.807, 2.05) is 62.6 Å². The fourth-order valence-electron chi connectivity index (χ4n) is 4.60. The topological polar surface area (TPSA) is 80.1 Å². The molecule has 1 N–H and O–H groups in total. The van der Waals surface area contributed by atoms with Gasteiger partial charge in [0.05, 0.1) is 13.2 Å². The Morgan fingerprint density at radius 2 is 1.70 bits per heavy atom. The number of β-amino-alcohol motifs (C(OH)–C–C–N with tert-alkyl or cyclic N) is 1. The minimum absolute atomic E-state index is 0.0414. The van der Waals surface area contributed by atoms with Crippen LogP contribution in [0.2, 0.25) is 0 Å². The number of amides is 1. The minimum atomic E-state index is -1.18. The van der Waals surface area contributed by atoms with Crippen molar-refractivity contribution in [2.24, 2.45) is 0 Å². The van der Waals surface area contributed by atoms with E-state index in [4.69, 9.17) is 9.47 Å². The third-order valence-corrected chi connectivity index (χ3v) is 6.73. The van der Waals surface area contributed by atoms with Crippen LogP contribution in [0.4, 0.5) is 0 Å². The van der Waals surface area contributed by atoms with Gasteiger partial charge in [0, 0.05) is 52.0 Å². The Kier molecular flexibility index (Phi) is 8.84. The van der Waals surface area contributed by atoms with Gasteiger partial charge in [0.2, 0.25) is 5.91 Å². The number of hydrogen-bond donors (Lipinski definition) is 1. The Bertz CT molecular complexity index is 1150. The maximum absolute atomic E-state index is 12.2. The molecule has 2 aromatic carbocycles. The SMILES string of the molecule is CC(=O)N1CCN(Cc2ccc(OCCCn3ccnc3C)cc2)CC(O)(COc2ccc(C)cc2)C1. The van der Waals surface area contributed by atoms with Crippen LogP contribution in [0.5, 0.6) is 11.5 Å². The van der Waals surface area contributed by atoms with Gasteiger partial charge in [-0.1, -0.05) is 29.8 Å². The van der Waals surface area contributed by atoms with Crippen LogP contribution in [0.1, 0.15) is 30.3 Å². The van der Waals surface area contributed by atoms with Crippen molar-refractivity contribution in [2.45, 2.75) is 45.9 Å². The van der Waals surface area contributed by atoms with Gasteiger partial charge in [-0.2, -0.15) is 0 Å². The van der Waals surface area contributed by atoms with Crippen molar-refractivity contribution >= 4 is 5.91 Å². The molecule has 1 fully saturated rings. The average molecular weight is 507 g/mol. The van der Waals surface area contributed by atoms with E-state index in [1.165, 1.54) is 0 Å². The predicted octanol–water partition coefficient (Wildman–Crippen LogP) is 3.44. The molecule has 198 valence electrons. The Morgan fingerprint density at radius 1 is 1.00 bits per heavy atom. The summed E-state index contributed by atoms with van der Waals surface area (Å²) < 4.78 is 14.0. The molecular weight excluding hydrogens is 468 g/mol. The summed E-state index contributed by atoms with van der Waals surface area (Å²) in [4.78, 5) is 20.3. The first kappa shape index (κ1) is 26.7. The highest BCUT2D eigenvalue weighted by molar-refractivity contribution is 5.73. The fraction of sp³-hybridized carbons (Fsp3) is 0.448. The molecule has 1 aromatic heterocycles. The lowest BCUT2D eigenvalue weighted by Crippen LogP contribution is -2.51. The van der Waals surface area contributed by atoms with Gasteiger partial charge in [0.25, 0.3) is 0 Å². The van der Waals surface area contributed by atoms with E-state index < -0.39 is 5.60 Å². The van der Waals surface area contributed by atoms with Gasteiger partial charge in [-0.3, -0.25) is 9.69 Å². The predicted molar refractivity (Wildman–Crippen MR) is 143 cm³/mol. The molecule has 1 aliphatic rings. The molecule has 4 rings (SSSR count). The van der Waals surface area contributed by atoms with E-state index in [9.17, 15) is 9.90 Å². The molecule has 1 unspecified atom stereocenters. The van der Waals surface area contributed by atoms with Crippen molar-refractivity contribution in [3.63, 3.8) is 0 Å². The zero-order valence-electron chi connectivity index (χ0n) is 22.1. The highest BCUT2D eigenvalue weighted by atomic mass is 16.5. The Balaban J connectivity index is 1.32. The van der Waals surface area contributed by atoms with Gasteiger partial charge < -0.3 is 24.0 Å². The summed E-state index contributed by atoms with van der Waals surface area (Å²) in [5.41, 5.74) is 1.10. The molecule has 0 spiro atoms. The fourth-order valence-corrected chi connectivity index (χ4v) is 4.60. The number of imidazole rings is 1. The molecule has 1 saturated heterocycles.